The highest BCUT2D eigenvalue weighted by Crippen LogP contribution is 2.13. The van der Waals surface area contributed by atoms with Crippen LogP contribution in [0.5, 0.6) is 0 Å². The van der Waals surface area contributed by atoms with Crippen molar-refractivity contribution in [2.45, 2.75) is 11.3 Å². The molecule has 0 spiro atoms. The zero-order valence-corrected chi connectivity index (χ0v) is 11.5. The maximum absolute atomic E-state index is 12.1. The molecule has 0 saturated heterocycles. The van der Waals surface area contributed by atoms with Crippen LogP contribution in [0.25, 0.3) is 0 Å². The van der Waals surface area contributed by atoms with E-state index in [1.807, 2.05) is 12.1 Å². The monoisotopic (exact) mass is 287 g/mol. The van der Waals surface area contributed by atoms with Crippen LogP contribution in [-0.2, 0) is 16.4 Å². The lowest BCUT2D eigenvalue weighted by Gasteiger charge is -2.07. The van der Waals surface area contributed by atoms with Crippen molar-refractivity contribution in [3.8, 4) is 6.07 Å². The van der Waals surface area contributed by atoms with E-state index < -0.39 is 10.0 Å². The standard InChI is InChI=1S/C14H13N3O2S/c15-10-13-5-1-2-6-14(13)20(18,19)17-9-7-12-4-3-8-16-11-12/h1-6,8,11,17H,7,9H2. The van der Waals surface area contributed by atoms with Crippen LogP contribution >= 0.6 is 0 Å². The van der Waals surface area contributed by atoms with E-state index in [2.05, 4.69) is 9.71 Å². The molecule has 1 heterocycles. The van der Waals surface area contributed by atoms with Gasteiger partial charge >= 0.3 is 0 Å². The molecule has 0 aliphatic heterocycles. The molecule has 102 valence electrons. The fourth-order valence-corrected chi connectivity index (χ4v) is 2.93. The SMILES string of the molecule is N#Cc1ccccc1S(=O)(=O)NCCc1cccnc1. The second-order valence-corrected chi connectivity index (χ2v) is 5.85. The van der Waals surface area contributed by atoms with Crippen molar-refractivity contribution < 1.29 is 8.42 Å². The molecule has 0 aliphatic rings. The van der Waals surface area contributed by atoms with Crippen LogP contribution in [0.2, 0.25) is 0 Å². The highest BCUT2D eigenvalue weighted by atomic mass is 32.2. The predicted octanol–water partition coefficient (Wildman–Crippen LogP) is 1.47. The van der Waals surface area contributed by atoms with Gasteiger partial charge < -0.3 is 0 Å². The lowest BCUT2D eigenvalue weighted by molar-refractivity contribution is 0.581. The molecule has 0 atom stereocenters. The fraction of sp³-hybridized carbons (Fsp3) is 0.143. The lowest BCUT2D eigenvalue weighted by atomic mass is 10.2. The van der Waals surface area contributed by atoms with Crippen molar-refractivity contribution in [3.63, 3.8) is 0 Å². The molecule has 2 rings (SSSR count). The smallest absolute Gasteiger partial charge is 0.241 e. The Labute approximate surface area is 118 Å². The Morgan fingerprint density at radius 1 is 1.20 bits per heavy atom. The molecule has 1 aromatic heterocycles. The first-order valence-electron chi connectivity index (χ1n) is 6.01. The molecular formula is C14H13N3O2S. The molecule has 1 N–H and O–H groups in total. The number of rotatable bonds is 5. The number of nitrogens with one attached hydrogen (secondary N) is 1. The van der Waals surface area contributed by atoms with E-state index in [1.54, 1.807) is 30.6 Å². The number of nitriles is 1. The van der Waals surface area contributed by atoms with Crippen LogP contribution in [0.4, 0.5) is 0 Å². The number of aromatic nitrogens is 1. The molecule has 1 aromatic carbocycles. The molecule has 0 bridgehead atoms. The summed E-state index contributed by atoms with van der Waals surface area (Å²) in [5.74, 6) is 0. The number of sulfonamides is 1. The summed E-state index contributed by atoms with van der Waals surface area (Å²) in [4.78, 5) is 3.97. The first kappa shape index (κ1) is 14.2. The lowest BCUT2D eigenvalue weighted by Crippen LogP contribution is -2.26. The Balaban J connectivity index is 2.07. The number of hydrogen-bond acceptors (Lipinski definition) is 4. The third-order valence-corrected chi connectivity index (χ3v) is 4.24. The molecule has 0 amide bonds. The van der Waals surface area contributed by atoms with Gasteiger partial charge in [0.15, 0.2) is 0 Å². The zero-order chi connectivity index (χ0) is 14.4. The minimum absolute atomic E-state index is 0.00804. The summed E-state index contributed by atoms with van der Waals surface area (Å²) in [5, 5.41) is 8.93. The first-order chi connectivity index (χ1) is 9.63. The molecular weight excluding hydrogens is 274 g/mol. The van der Waals surface area contributed by atoms with Crippen LogP contribution in [0.15, 0.2) is 53.7 Å². The van der Waals surface area contributed by atoms with Crippen LogP contribution < -0.4 is 4.72 Å². The predicted molar refractivity (Wildman–Crippen MR) is 74.3 cm³/mol. The summed E-state index contributed by atoms with van der Waals surface area (Å²) in [6.07, 6.45) is 3.90. The van der Waals surface area contributed by atoms with Crippen molar-refractivity contribution in [1.29, 1.82) is 5.26 Å². The number of nitrogens with zero attached hydrogens (tertiary/aromatic N) is 2. The number of benzene rings is 1. The van der Waals surface area contributed by atoms with E-state index >= 15 is 0 Å². The molecule has 0 radical (unpaired) electrons. The van der Waals surface area contributed by atoms with Gasteiger partial charge in [0.25, 0.3) is 0 Å². The topological polar surface area (TPSA) is 82.8 Å². The van der Waals surface area contributed by atoms with E-state index in [1.165, 1.54) is 12.1 Å². The van der Waals surface area contributed by atoms with E-state index in [-0.39, 0.29) is 17.0 Å². The van der Waals surface area contributed by atoms with Gasteiger partial charge in [-0.15, -0.1) is 0 Å². The maximum Gasteiger partial charge on any atom is 0.241 e. The summed E-state index contributed by atoms with van der Waals surface area (Å²) >= 11 is 0. The zero-order valence-electron chi connectivity index (χ0n) is 10.7. The number of pyridine rings is 1. The second kappa shape index (κ2) is 6.28. The Hall–Kier alpha value is -2.23. The highest BCUT2D eigenvalue weighted by molar-refractivity contribution is 7.89. The minimum Gasteiger partial charge on any atom is -0.264 e. The van der Waals surface area contributed by atoms with Crippen LogP contribution in [-0.4, -0.2) is 19.9 Å². The normalized spacial score (nSPS) is 10.9. The first-order valence-corrected chi connectivity index (χ1v) is 7.49. The molecule has 20 heavy (non-hydrogen) atoms. The van der Waals surface area contributed by atoms with Crippen molar-refractivity contribution in [2.75, 3.05) is 6.54 Å². The maximum atomic E-state index is 12.1. The van der Waals surface area contributed by atoms with Gasteiger partial charge in [-0.3, -0.25) is 4.98 Å². The average molecular weight is 287 g/mol. The molecule has 6 heteroatoms. The summed E-state index contributed by atoms with van der Waals surface area (Å²) in [6, 6.07) is 11.7. The second-order valence-electron chi connectivity index (χ2n) is 4.12. The van der Waals surface area contributed by atoms with Crippen molar-refractivity contribution in [2.24, 2.45) is 0 Å². The Morgan fingerprint density at radius 3 is 2.70 bits per heavy atom. The molecule has 0 saturated carbocycles. The van der Waals surface area contributed by atoms with Crippen molar-refractivity contribution in [1.82, 2.24) is 9.71 Å². The molecule has 2 aromatic rings. The third kappa shape index (κ3) is 3.41. The van der Waals surface area contributed by atoms with Gasteiger partial charge in [-0.2, -0.15) is 5.26 Å². The van der Waals surface area contributed by atoms with Crippen molar-refractivity contribution in [3.05, 3.63) is 59.9 Å². The Morgan fingerprint density at radius 2 is 2.00 bits per heavy atom. The quantitative estimate of drug-likeness (QED) is 0.902. The summed E-state index contributed by atoms with van der Waals surface area (Å²) in [7, 11) is -3.67. The third-order valence-electron chi connectivity index (χ3n) is 2.73. The van der Waals surface area contributed by atoms with E-state index in [4.69, 9.17) is 5.26 Å². The van der Waals surface area contributed by atoms with Gasteiger partial charge in [0.2, 0.25) is 10.0 Å². The number of hydrogen-bond donors (Lipinski definition) is 1. The molecule has 0 unspecified atom stereocenters. The Bertz CT molecular complexity index is 722. The highest BCUT2D eigenvalue weighted by Gasteiger charge is 2.17. The van der Waals surface area contributed by atoms with Gasteiger partial charge in [-0.05, 0) is 30.2 Å². The van der Waals surface area contributed by atoms with Gasteiger partial charge in [-0.25, -0.2) is 13.1 Å². The summed E-state index contributed by atoms with van der Waals surface area (Å²) in [5.41, 5.74) is 1.09. The van der Waals surface area contributed by atoms with Crippen molar-refractivity contribution >= 4 is 10.0 Å². The van der Waals surface area contributed by atoms with Gasteiger partial charge in [0.1, 0.15) is 6.07 Å². The van der Waals surface area contributed by atoms with Gasteiger partial charge in [0, 0.05) is 18.9 Å². The molecule has 0 fully saturated rings. The van der Waals surface area contributed by atoms with E-state index in [0.717, 1.165) is 5.56 Å². The van der Waals surface area contributed by atoms with E-state index in [9.17, 15) is 8.42 Å². The van der Waals surface area contributed by atoms with Crippen LogP contribution in [0.3, 0.4) is 0 Å². The average Bonchev–Trinajstić information content (AvgIpc) is 2.48. The Kier molecular flexibility index (Phi) is 4.45. The molecule has 5 nitrogen and oxygen atoms in total. The van der Waals surface area contributed by atoms with Gasteiger partial charge in [0.05, 0.1) is 10.5 Å². The minimum atomic E-state index is -3.67. The van der Waals surface area contributed by atoms with Crippen LogP contribution in [0.1, 0.15) is 11.1 Å². The fourth-order valence-electron chi connectivity index (χ4n) is 1.75. The van der Waals surface area contributed by atoms with Crippen LogP contribution in [0, 0.1) is 11.3 Å². The largest absolute Gasteiger partial charge is 0.264 e. The molecule has 0 aliphatic carbocycles. The van der Waals surface area contributed by atoms with Gasteiger partial charge in [-0.1, -0.05) is 18.2 Å². The summed E-state index contributed by atoms with van der Waals surface area (Å²) in [6.45, 7) is 0.258. The summed E-state index contributed by atoms with van der Waals surface area (Å²) < 4.78 is 26.7. The van der Waals surface area contributed by atoms with E-state index in [0.29, 0.717) is 6.42 Å².